The molecule has 1 N–H and O–H groups in total. The van der Waals surface area contributed by atoms with Gasteiger partial charge in [0.2, 0.25) is 0 Å². The van der Waals surface area contributed by atoms with Crippen molar-refractivity contribution in [3.05, 3.63) is 81.8 Å². The zero-order valence-electron chi connectivity index (χ0n) is 16.6. The lowest BCUT2D eigenvalue weighted by Crippen LogP contribution is -2.22. The van der Waals surface area contributed by atoms with Crippen molar-refractivity contribution in [2.24, 2.45) is 0 Å². The van der Waals surface area contributed by atoms with E-state index in [0.29, 0.717) is 24.5 Å². The lowest BCUT2D eigenvalue weighted by molar-refractivity contribution is 0.0950. The van der Waals surface area contributed by atoms with E-state index in [1.807, 2.05) is 37.4 Å². The standard InChI is InChI=1S/C22H20N4O3S/c1-14-19(15(2)29-26-14)12-28-18-5-3-4-17(10-18)22(27)24-11-21-25-20(13-30-21)16-6-8-23-9-7-16/h3-10,13H,11-12H2,1-2H3,(H,24,27). The predicted molar refractivity (Wildman–Crippen MR) is 113 cm³/mol. The molecule has 0 saturated carbocycles. The molecule has 0 radical (unpaired) electrons. The zero-order valence-corrected chi connectivity index (χ0v) is 17.4. The monoisotopic (exact) mass is 420 g/mol. The first kappa shape index (κ1) is 19.8. The average Bonchev–Trinajstić information content (AvgIpc) is 3.38. The number of aryl methyl sites for hydroxylation is 2. The Morgan fingerprint density at radius 3 is 2.80 bits per heavy atom. The molecule has 4 rings (SSSR count). The minimum Gasteiger partial charge on any atom is -0.489 e. The minimum absolute atomic E-state index is 0.182. The summed E-state index contributed by atoms with van der Waals surface area (Å²) in [6, 6.07) is 10.9. The Morgan fingerprint density at radius 2 is 2.03 bits per heavy atom. The molecule has 0 bridgehead atoms. The summed E-state index contributed by atoms with van der Waals surface area (Å²) < 4.78 is 11.0. The van der Waals surface area contributed by atoms with Crippen molar-refractivity contribution < 1.29 is 14.1 Å². The van der Waals surface area contributed by atoms with Gasteiger partial charge in [0.15, 0.2) is 0 Å². The fourth-order valence-corrected chi connectivity index (χ4v) is 3.64. The van der Waals surface area contributed by atoms with E-state index < -0.39 is 0 Å². The molecule has 1 aromatic carbocycles. The van der Waals surface area contributed by atoms with Crippen molar-refractivity contribution in [2.45, 2.75) is 27.0 Å². The Hall–Kier alpha value is -3.52. The van der Waals surface area contributed by atoms with Crippen molar-refractivity contribution in [1.29, 1.82) is 0 Å². The number of nitrogens with zero attached hydrogens (tertiary/aromatic N) is 3. The fourth-order valence-electron chi connectivity index (χ4n) is 2.90. The van der Waals surface area contributed by atoms with Gasteiger partial charge in [-0.1, -0.05) is 11.2 Å². The molecule has 1 amide bonds. The summed E-state index contributed by atoms with van der Waals surface area (Å²) >= 11 is 1.51. The van der Waals surface area contributed by atoms with Crippen LogP contribution in [0.5, 0.6) is 5.75 Å². The highest BCUT2D eigenvalue weighted by Gasteiger charge is 2.12. The maximum atomic E-state index is 12.6. The molecular weight excluding hydrogens is 400 g/mol. The van der Waals surface area contributed by atoms with Crippen LogP contribution in [0.2, 0.25) is 0 Å². The predicted octanol–water partition coefficient (Wildman–Crippen LogP) is 4.32. The van der Waals surface area contributed by atoms with Gasteiger partial charge in [-0.25, -0.2) is 4.98 Å². The van der Waals surface area contributed by atoms with Crippen LogP contribution in [0.15, 0.2) is 58.7 Å². The molecule has 0 aliphatic rings. The molecule has 3 aromatic heterocycles. The second-order valence-electron chi connectivity index (χ2n) is 6.66. The second kappa shape index (κ2) is 8.87. The van der Waals surface area contributed by atoms with E-state index in [2.05, 4.69) is 20.4 Å². The molecular formula is C22H20N4O3S. The van der Waals surface area contributed by atoms with Gasteiger partial charge >= 0.3 is 0 Å². The number of thiazole rings is 1. The Bertz CT molecular complexity index is 1130. The summed E-state index contributed by atoms with van der Waals surface area (Å²) in [7, 11) is 0. The summed E-state index contributed by atoms with van der Waals surface area (Å²) in [5, 5.41) is 9.64. The first-order chi connectivity index (χ1) is 14.6. The molecule has 0 atom stereocenters. The number of hydrogen-bond acceptors (Lipinski definition) is 7. The lowest BCUT2D eigenvalue weighted by Gasteiger charge is -2.08. The van der Waals surface area contributed by atoms with Crippen LogP contribution >= 0.6 is 11.3 Å². The number of rotatable bonds is 7. The third-order valence-corrected chi connectivity index (χ3v) is 5.44. The smallest absolute Gasteiger partial charge is 0.251 e. The van der Waals surface area contributed by atoms with Crippen molar-refractivity contribution in [1.82, 2.24) is 20.4 Å². The quantitative estimate of drug-likeness (QED) is 0.479. The molecule has 7 nitrogen and oxygen atoms in total. The number of carbonyl (C=O) groups is 1. The van der Waals surface area contributed by atoms with Crippen molar-refractivity contribution in [3.63, 3.8) is 0 Å². The van der Waals surface area contributed by atoms with Gasteiger partial charge in [-0.3, -0.25) is 9.78 Å². The number of nitrogens with one attached hydrogen (secondary N) is 1. The van der Waals surface area contributed by atoms with E-state index in [-0.39, 0.29) is 5.91 Å². The van der Waals surface area contributed by atoms with Crippen LogP contribution in [0.1, 0.15) is 32.4 Å². The maximum absolute atomic E-state index is 12.6. The number of amides is 1. The number of hydrogen-bond donors (Lipinski definition) is 1. The molecule has 0 fully saturated rings. The van der Waals surface area contributed by atoms with Crippen LogP contribution in [0.4, 0.5) is 0 Å². The number of benzene rings is 1. The lowest BCUT2D eigenvalue weighted by atomic mass is 10.2. The van der Waals surface area contributed by atoms with E-state index >= 15 is 0 Å². The first-order valence-electron chi connectivity index (χ1n) is 9.38. The highest BCUT2D eigenvalue weighted by molar-refractivity contribution is 7.09. The number of pyridine rings is 1. The van der Waals surface area contributed by atoms with E-state index in [1.165, 1.54) is 11.3 Å². The SMILES string of the molecule is Cc1noc(C)c1COc1cccc(C(=O)NCc2nc(-c3ccncc3)cs2)c1. The van der Waals surface area contributed by atoms with Gasteiger partial charge in [0.1, 0.15) is 23.1 Å². The van der Waals surface area contributed by atoms with Crippen LogP contribution in [0, 0.1) is 13.8 Å². The summed E-state index contributed by atoms with van der Waals surface area (Å²) in [6.45, 7) is 4.42. The van der Waals surface area contributed by atoms with Crippen LogP contribution in [-0.2, 0) is 13.2 Å². The third kappa shape index (κ3) is 4.55. The molecule has 0 saturated heterocycles. The van der Waals surface area contributed by atoms with Crippen LogP contribution in [-0.4, -0.2) is 21.0 Å². The summed E-state index contributed by atoms with van der Waals surface area (Å²) in [5.41, 5.74) is 4.12. The van der Waals surface area contributed by atoms with Crippen molar-refractivity contribution in [2.75, 3.05) is 0 Å². The summed E-state index contributed by atoms with van der Waals surface area (Å²) in [6.07, 6.45) is 3.47. The fraction of sp³-hybridized carbons (Fsp3) is 0.182. The summed E-state index contributed by atoms with van der Waals surface area (Å²) in [5.74, 6) is 1.16. The molecule has 0 spiro atoms. The van der Waals surface area contributed by atoms with Crippen molar-refractivity contribution >= 4 is 17.2 Å². The maximum Gasteiger partial charge on any atom is 0.251 e. The van der Waals surface area contributed by atoms with Gasteiger partial charge < -0.3 is 14.6 Å². The van der Waals surface area contributed by atoms with Gasteiger partial charge in [-0.15, -0.1) is 11.3 Å². The Labute approximate surface area is 177 Å². The van der Waals surface area contributed by atoms with Gasteiger partial charge in [0.25, 0.3) is 5.91 Å². The molecule has 0 aliphatic carbocycles. The minimum atomic E-state index is -0.182. The van der Waals surface area contributed by atoms with E-state index in [9.17, 15) is 4.79 Å². The number of aromatic nitrogens is 3. The van der Waals surface area contributed by atoms with Crippen LogP contribution in [0.3, 0.4) is 0 Å². The molecule has 4 aromatic rings. The second-order valence-corrected chi connectivity index (χ2v) is 7.61. The molecule has 152 valence electrons. The zero-order chi connectivity index (χ0) is 20.9. The van der Waals surface area contributed by atoms with E-state index in [0.717, 1.165) is 33.3 Å². The summed E-state index contributed by atoms with van der Waals surface area (Å²) in [4.78, 5) is 21.2. The van der Waals surface area contributed by atoms with Gasteiger partial charge in [0, 0.05) is 28.9 Å². The van der Waals surface area contributed by atoms with Crippen LogP contribution < -0.4 is 10.1 Å². The molecule has 3 heterocycles. The van der Waals surface area contributed by atoms with Gasteiger partial charge in [-0.2, -0.15) is 0 Å². The Balaban J connectivity index is 1.36. The highest BCUT2D eigenvalue weighted by Crippen LogP contribution is 2.21. The molecule has 0 aliphatic heterocycles. The third-order valence-electron chi connectivity index (χ3n) is 4.59. The topological polar surface area (TPSA) is 90.1 Å². The van der Waals surface area contributed by atoms with Crippen molar-refractivity contribution in [3.8, 4) is 17.0 Å². The molecule has 30 heavy (non-hydrogen) atoms. The molecule has 0 unspecified atom stereocenters. The number of carbonyl (C=O) groups excluding carboxylic acids is 1. The highest BCUT2D eigenvalue weighted by atomic mass is 32.1. The normalized spacial score (nSPS) is 10.7. The van der Waals surface area contributed by atoms with Gasteiger partial charge in [-0.05, 0) is 44.2 Å². The Morgan fingerprint density at radius 1 is 1.20 bits per heavy atom. The van der Waals surface area contributed by atoms with E-state index in [4.69, 9.17) is 9.26 Å². The number of ether oxygens (including phenoxy) is 1. The largest absolute Gasteiger partial charge is 0.489 e. The molecule has 8 heteroatoms. The van der Waals surface area contributed by atoms with Crippen LogP contribution in [0.25, 0.3) is 11.3 Å². The van der Waals surface area contributed by atoms with E-state index in [1.54, 1.807) is 30.6 Å². The van der Waals surface area contributed by atoms with Gasteiger partial charge in [0.05, 0.1) is 23.5 Å². The Kier molecular flexibility index (Phi) is 5.85. The first-order valence-corrected chi connectivity index (χ1v) is 10.3. The average molecular weight is 420 g/mol.